The largest absolute Gasteiger partial charge is 0.350 e. The third-order valence-corrected chi connectivity index (χ3v) is 3.63. The van der Waals surface area contributed by atoms with Gasteiger partial charge < -0.3 is 14.5 Å². The van der Waals surface area contributed by atoms with Crippen LogP contribution in [0.2, 0.25) is 0 Å². The van der Waals surface area contributed by atoms with E-state index in [4.69, 9.17) is 0 Å². The van der Waals surface area contributed by atoms with Crippen molar-refractivity contribution in [1.29, 1.82) is 0 Å². The summed E-state index contributed by atoms with van der Waals surface area (Å²) in [6.07, 6.45) is 3.56. The maximum absolute atomic E-state index is 12.2. The zero-order valence-corrected chi connectivity index (χ0v) is 13.4. The molecule has 1 N–H and O–H groups in total. The van der Waals surface area contributed by atoms with Crippen molar-refractivity contribution in [3.8, 4) is 0 Å². The molecule has 0 aromatic carbocycles. The highest BCUT2D eigenvalue weighted by Gasteiger charge is 2.16. The van der Waals surface area contributed by atoms with Gasteiger partial charge in [-0.3, -0.25) is 4.79 Å². The number of nitrogens with zero attached hydrogens (tertiary/aromatic N) is 4. The number of carbonyl (C=O) groups excluding carboxylic acids is 1. The Kier molecular flexibility index (Phi) is 4.59. The highest BCUT2D eigenvalue weighted by molar-refractivity contribution is 9.10. The Hall–Kier alpha value is -1.63. The topological polar surface area (TPSA) is 64.7 Å². The fourth-order valence-electron chi connectivity index (χ4n) is 2.09. The third kappa shape index (κ3) is 3.09. The summed E-state index contributed by atoms with van der Waals surface area (Å²) in [5.74, 6) is 0.892. The fourth-order valence-corrected chi connectivity index (χ4v) is 2.56. The number of aromatic nitrogens is 4. The molecule has 0 fully saturated rings. The van der Waals surface area contributed by atoms with Crippen LogP contribution in [0.3, 0.4) is 0 Å². The number of nitrogens with one attached hydrogen (secondary N) is 1. The lowest BCUT2D eigenvalue weighted by Gasteiger charge is -2.12. The van der Waals surface area contributed by atoms with E-state index in [1.165, 1.54) is 0 Å². The van der Waals surface area contributed by atoms with Crippen LogP contribution in [0.15, 0.2) is 23.1 Å². The summed E-state index contributed by atoms with van der Waals surface area (Å²) in [4.78, 5) is 12.2. The first-order valence-electron chi connectivity index (χ1n) is 6.50. The summed E-state index contributed by atoms with van der Waals surface area (Å²) in [7, 11) is 1.90. The van der Waals surface area contributed by atoms with Gasteiger partial charge in [-0.25, -0.2) is 0 Å². The Morgan fingerprint density at radius 1 is 1.55 bits per heavy atom. The molecule has 1 amide bonds. The summed E-state index contributed by atoms with van der Waals surface area (Å²) >= 11 is 3.39. The fraction of sp³-hybridized carbons (Fsp3) is 0.462. The van der Waals surface area contributed by atoms with Gasteiger partial charge in [-0.2, -0.15) is 0 Å². The number of hydrogen-bond donors (Lipinski definition) is 1. The Labute approximate surface area is 126 Å². The molecular weight excluding hydrogens is 322 g/mol. The van der Waals surface area contributed by atoms with E-state index >= 15 is 0 Å². The van der Waals surface area contributed by atoms with Crippen molar-refractivity contribution in [3.05, 3.63) is 34.6 Å². The van der Waals surface area contributed by atoms with Crippen molar-refractivity contribution in [1.82, 2.24) is 24.6 Å². The quantitative estimate of drug-likeness (QED) is 0.905. The molecule has 20 heavy (non-hydrogen) atoms. The van der Waals surface area contributed by atoms with E-state index in [1.807, 2.05) is 42.3 Å². The zero-order chi connectivity index (χ0) is 14.7. The van der Waals surface area contributed by atoms with Gasteiger partial charge in [0.25, 0.3) is 5.91 Å². The average molecular weight is 340 g/mol. The summed E-state index contributed by atoms with van der Waals surface area (Å²) in [5.41, 5.74) is 0.657. The molecule has 0 saturated carbocycles. The van der Waals surface area contributed by atoms with Crippen LogP contribution in [0.5, 0.6) is 0 Å². The van der Waals surface area contributed by atoms with Crippen LogP contribution < -0.4 is 5.32 Å². The molecule has 2 aromatic rings. The smallest absolute Gasteiger partial charge is 0.267 e. The molecule has 0 unspecified atom stereocenters. The molecule has 0 saturated heterocycles. The molecule has 0 aliphatic carbocycles. The number of amides is 1. The predicted molar refractivity (Wildman–Crippen MR) is 79.6 cm³/mol. The molecule has 2 rings (SSSR count). The number of halogens is 1. The molecule has 2 heterocycles. The molecule has 108 valence electrons. The Morgan fingerprint density at radius 2 is 2.30 bits per heavy atom. The Balaban J connectivity index is 2.00. The zero-order valence-electron chi connectivity index (χ0n) is 11.8. The minimum Gasteiger partial charge on any atom is -0.350 e. The normalized spacial score (nSPS) is 12.4. The maximum Gasteiger partial charge on any atom is 0.267 e. The van der Waals surface area contributed by atoms with Crippen molar-refractivity contribution in [2.75, 3.05) is 6.54 Å². The Morgan fingerprint density at radius 3 is 2.90 bits per heavy atom. The van der Waals surface area contributed by atoms with Gasteiger partial charge in [0.15, 0.2) is 0 Å². The van der Waals surface area contributed by atoms with Gasteiger partial charge in [0, 0.05) is 36.7 Å². The lowest BCUT2D eigenvalue weighted by atomic mass is 10.1. The average Bonchev–Trinajstić information content (AvgIpc) is 3.01. The van der Waals surface area contributed by atoms with Crippen LogP contribution in [0, 0.1) is 0 Å². The monoisotopic (exact) mass is 339 g/mol. The van der Waals surface area contributed by atoms with E-state index in [9.17, 15) is 4.79 Å². The van der Waals surface area contributed by atoms with Gasteiger partial charge in [-0.1, -0.05) is 6.92 Å². The lowest BCUT2D eigenvalue weighted by molar-refractivity contribution is 0.0942. The first-order chi connectivity index (χ1) is 9.52. The molecule has 2 aromatic heterocycles. The maximum atomic E-state index is 12.2. The first-order valence-corrected chi connectivity index (χ1v) is 7.30. The highest BCUT2D eigenvalue weighted by Crippen LogP contribution is 2.15. The van der Waals surface area contributed by atoms with Gasteiger partial charge >= 0.3 is 0 Å². The number of carbonyl (C=O) groups is 1. The van der Waals surface area contributed by atoms with Crippen LogP contribution >= 0.6 is 15.9 Å². The SMILES string of the molecule is CCn1cc(Br)cc1C(=O)NC[C@@H](C)c1nncn1C. The molecule has 6 nitrogen and oxygen atoms in total. The van der Waals surface area contributed by atoms with Crippen LogP contribution in [0.1, 0.15) is 36.1 Å². The van der Waals surface area contributed by atoms with Crippen molar-refractivity contribution < 1.29 is 4.79 Å². The van der Waals surface area contributed by atoms with E-state index in [2.05, 4.69) is 31.4 Å². The molecule has 0 spiro atoms. The van der Waals surface area contributed by atoms with E-state index in [1.54, 1.807) is 6.33 Å². The molecule has 0 aliphatic rings. The third-order valence-electron chi connectivity index (χ3n) is 3.19. The van der Waals surface area contributed by atoms with Gasteiger partial charge in [-0.05, 0) is 28.9 Å². The van der Waals surface area contributed by atoms with Crippen LogP contribution in [-0.2, 0) is 13.6 Å². The molecule has 7 heteroatoms. The van der Waals surface area contributed by atoms with E-state index in [0.717, 1.165) is 16.8 Å². The first kappa shape index (κ1) is 14.8. The van der Waals surface area contributed by atoms with E-state index in [-0.39, 0.29) is 11.8 Å². The van der Waals surface area contributed by atoms with Gasteiger partial charge in [-0.15, -0.1) is 10.2 Å². The minimum absolute atomic E-state index is 0.0773. The van der Waals surface area contributed by atoms with Crippen molar-refractivity contribution >= 4 is 21.8 Å². The lowest BCUT2D eigenvalue weighted by Crippen LogP contribution is -2.30. The molecule has 0 bridgehead atoms. The minimum atomic E-state index is -0.0773. The van der Waals surface area contributed by atoms with Crippen LogP contribution in [-0.4, -0.2) is 31.8 Å². The second-order valence-corrected chi connectivity index (χ2v) is 5.66. The summed E-state index contributed by atoms with van der Waals surface area (Å²) in [6.45, 7) is 5.30. The number of hydrogen-bond acceptors (Lipinski definition) is 3. The highest BCUT2D eigenvalue weighted by atomic mass is 79.9. The van der Waals surface area contributed by atoms with Gasteiger partial charge in [0.05, 0.1) is 0 Å². The molecule has 0 aliphatic heterocycles. The number of rotatable bonds is 5. The molecule has 1 atom stereocenters. The summed E-state index contributed by atoms with van der Waals surface area (Å²) in [6, 6.07) is 1.83. The Bertz CT molecular complexity index is 604. The van der Waals surface area contributed by atoms with E-state index in [0.29, 0.717) is 12.2 Å². The predicted octanol–water partition coefficient (Wildman–Crippen LogP) is 1.93. The van der Waals surface area contributed by atoms with Crippen LogP contribution in [0.25, 0.3) is 0 Å². The molecular formula is C13H18BrN5O. The van der Waals surface area contributed by atoms with E-state index < -0.39 is 0 Å². The second-order valence-electron chi connectivity index (χ2n) is 4.74. The standard InChI is InChI=1S/C13H18BrN5O/c1-4-19-7-10(14)5-11(19)13(20)15-6-9(2)12-17-16-8-18(12)3/h5,7-9H,4,6H2,1-3H3,(H,15,20)/t9-/m1/s1. The van der Waals surface area contributed by atoms with Gasteiger partial charge in [0.2, 0.25) is 0 Å². The van der Waals surface area contributed by atoms with Crippen molar-refractivity contribution in [3.63, 3.8) is 0 Å². The summed E-state index contributed by atoms with van der Waals surface area (Å²) in [5, 5.41) is 10.8. The van der Waals surface area contributed by atoms with Crippen molar-refractivity contribution in [2.45, 2.75) is 26.3 Å². The number of aryl methyl sites for hydroxylation is 2. The summed E-state index contributed by atoms with van der Waals surface area (Å²) < 4.78 is 4.68. The van der Waals surface area contributed by atoms with Crippen molar-refractivity contribution in [2.24, 2.45) is 7.05 Å². The van der Waals surface area contributed by atoms with Gasteiger partial charge in [0.1, 0.15) is 17.8 Å². The van der Waals surface area contributed by atoms with Crippen LogP contribution in [0.4, 0.5) is 0 Å². The second kappa shape index (κ2) is 6.21. The molecule has 0 radical (unpaired) electrons.